The molecule has 0 bridgehead atoms. The lowest BCUT2D eigenvalue weighted by Crippen LogP contribution is -2.57. The first-order chi connectivity index (χ1) is 12.4. The van der Waals surface area contributed by atoms with E-state index in [0.29, 0.717) is 32.5 Å². The van der Waals surface area contributed by atoms with Crippen LogP contribution in [0.15, 0.2) is 0 Å². The standard InChI is InChI=1S/C18H29N3O5/c1-14-16(23)20(11-12-21(14)17(24)25)8-2-4-15(22)19-9-6-18(7-10-19)5-3-13-26-18/h14H,2-13H2,1H3,(H,24,25). The van der Waals surface area contributed by atoms with Gasteiger partial charge in [0.1, 0.15) is 6.04 Å². The number of nitrogens with zero attached hydrogens (tertiary/aromatic N) is 3. The third-order valence-electron chi connectivity index (χ3n) is 6.02. The first kappa shape index (κ1) is 18.9. The van der Waals surface area contributed by atoms with Gasteiger partial charge in [-0.05, 0) is 39.0 Å². The molecule has 3 saturated heterocycles. The van der Waals surface area contributed by atoms with Crippen molar-refractivity contribution >= 4 is 17.9 Å². The van der Waals surface area contributed by atoms with Crippen LogP contribution >= 0.6 is 0 Å². The fraction of sp³-hybridized carbons (Fsp3) is 0.833. The third kappa shape index (κ3) is 3.95. The van der Waals surface area contributed by atoms with Crippen LogP contribution in [0.25, 0.3) is 0 Å². The maximum atomic E-state index is 12.4. The number of piperazine rings is 1. The highest BCUT2D eigenvalue weighted by Gasteiger charge is 2.39. The van der Waals surface area contributed by atoms with Crippen LogP contribution in [-0.2, 0) is 14.3 Å². The predicted molar refractivity (Wildman–Crippen MR) is 93.7 cm³/mol. The maximum absolute atomic E-state index is 12.4. The Bertz CT molecular complexity index is 551. The highest BCUT2D eigenvalue weighted by Crippen LogP contribution is 2.35. The van der Waals surface area contributed by atoms with Crippen molar-refractivity contribution in [1.29, 1.82) is 0 Å². The van der Waals surface area contributed by atoms with E-state index in [2.05, 4.69) is 0 Å². The molecule has 3 amide bonds. The number of hydrogen-bond acceptors (Lipinski definition) is 4. The Morgan fingerprint density at radius 2 is 1.92 bits per heavy atom. The Morgan fingerprint density at radius 1 is 1.19 bits per heavy atom. The van der Waals surface area contributed by atoms with E-state index in [4.69, 9.17) is 9.84 Å². The van der Waals surface area contributed by atoms with Crippen LogP contribution in [0.5, 0.6) is 0 Å². The Labute approximate surface area is 154 Å². The van der Waals surface area contributed by atoms with Gasteiger partial charge in [0.05, 0.1) is 5.60 Å². The number of hydrogen-bond donors (Lipinski definition) is 1. The maximum Gasteiger partial charge on any atom is 0.408 e. The molecule has 8 nitrogen and oxygen atoms in total. The molecule has 8 heteroatoms. The molecule has 0 aromatic heterocycles. The number of rotatable bonds is 4. The van der Waals surface area contributed by atoms with Gasteiger partial charge in [-0.3, -0.25) is 14.5 Å². The molecule has 0 aromatic carbocycles. The van der Waals surface area contributed by atoms with Crippen LogP contribution in [0.1, 0.15) is 45.4 Å². The van der Waals surface area contributed by atoms with E-state index in [1.165, 1.54) is 4.90 Å². The summed E-state index contributed by atoms with van der Waals surface area (Å²) in [5.74, 6) is -0.0353. The van der Waals surface area contributed by atoms with Gasteiger partial charge in [-0.2, -0.15) is 0 Å². The highest BCUT2D eigenvalue weighted by atomic mass is 16.5. The van der Waals surface area contributed by atoms with E-state index >= 15 is 0 Å². The van der Waals surface area contributed by atoms with Gasteiger partial charge in [0.15, 0.2) is 0 Å². The molecule has 3 heterocycles. The number of amides is 3. The minimum Gasteiger partial charge on any atom is -0.465 e. The molecule has 3 rings (SSSR count). The molecule has 0 radical (unpaired) electrons. The minimum atomic E-state index is -1.06. The van der Waals surface area contributed by atoms with Crippen molar-refractivity contribution in [3.8, 4) is 0 Å². The lowest BCUT2D eigenvalue weighted by atomic mass is 9.88. The molecule has 1 unspecified atom stereocenters. The van der Waals surface area contributed by atoms with Gasteiger partial charge in [-0.25, -0.2) is 4.79 Å². The van der Waals surface area contributed by atoms with E-state index in [-0.39, 0.29) is 17.4 Å². The van der Waals surface area contributed by atoms with Gasteiger partial charge in [0.2, 0.25) is 11.8 Å². The average molecular weight is 367 g/mol. The first-order valence-corrected chi connectivity index (χ1v) is 9.62. The molecular formula is C18H29N3O5. The molecule has 3 aliphatic rings. The summed E-state index contributed by atoms with van der Waals surface area (Å²) >= 11 is 0. The van der Waals surface area contributed by atoms with E-state index in [1.54, 1.807) is 11.8 Å². The molecule has 1 spiro atoms. The summed E-state index contributed by atoms with van der Waals surface area (Å²) in [6.07, 6.45) is 4.05. The smallest absolute Gasteiger partial charge is 0.408 e. The minimum absolute atomic E-state index is 0.0170. The lowest BCUT2D eigenvalue weighted by molar-refractivity contribution is -0.141. The summed E-state index contributed by atoms with van der Waals surface area (Å²) in [6, 6.07) is -0.651. The molecule has 3 fully saturated rings. The number of piperidine rings is 1. The zero-order chi connectivity index (χ0) is 18.7. The average Bonchev–Trinajstić information content (AvgIpc) is 3.07. The van der Waals surface area contributed by atoms with Crippen LogP contribution < -0.4 is 0 Å². The molecule has 146 valence electrons. The summed E-state index contributed by atoms with van der Waals surface area (Å²) in [5.41, 5.74) is 0.0170. The summed E-state index contributed by atoms with van der Waals surface area (Å²) < 4.78 is 5.89. The zero-order valence-corrected chi connectivity index (χ0v) is 15.5. The Morgan fingerprint density at radius 3 is 2.54 bits per heavy atom. The van der Waals surface area contributed by atoms with E-state index in [9.17, 15) is 14.4 Å². The second-order valence-corrected chi connectivity index (χ2v) is 7.60. The topological polar surface area (TPSA) is 90.4 Å². The molecule has 26 heavy (non-hydrogen) atoms. The van der Waals surface area contributed by atoms with Crippen molar-refractivity contribution in [2.75, 3.05) is 39.3 Å². The van der Waals surface area contributed by atoms with Crippen LogP contribution in [0.4, 0.5) is 4.79 Å². The van der Waals surface area contributed by atoms with Gasteiger partial charge in [-0.15, -0.1) is 0 Å². The summed E-state index contributed by atoms with van der Waals surface area (Å²) in [5, 5.41) is 9.08. The highest BCUT2D eigenvalue weighted by molar-refractivity contribution is 5.86. The fourth-order valence-corrected chi connectivity index (χ4v) is 4.31. The molecule has 0 saturated carbocycles. The lowest BCUT2D eigenvalue weighted by Gasteiger charge is -2.39. The number of carbonyl (C=O) groups is 3. The number of carboxylic acid groups (broad SMARTS) is 1. The molecule has 3 aliphatic heterocycles. The van der Waals surface area contributed by atoms with Crippen molar-refractivity contribution in [3.05, 3.63) is 0 Å². The predicted octanol–water partition coefficient (Wildman–Crippen LogP) is 1.15. The van der Waals surface area contributed by atoms with Gasteiger partial charge in [0.25, 0.3) is 0 Å². The first-order valence-electron chi connectivity index (χ1n) is 9.62. The van der Waals surface area contributed by atoms with Crippen LogP contribution in [0, 0.1) is 0 Å². The van der Waals surface area contributed by atoms with Crippen LogP contribution in [-0.4, -0.2) is 88.7 Å². The summed E-state index contributed by atoms with van der Waals surface area (Å²) in [4.78, 5) is 40.5. The third-order valence-corrected chi connectivity index (χ3v) is 6.02. The molecule has 0 aliphatic carbocycles. The molecule has 1 atom stereocenters. The fourth-order valence-electron chi connectivity index (χ4n) is 4.31. The van der Waals surface area contributed by atoms with Crippen molar-refractivity contribution < 1.29 is 24.2 Å². The Balaban J connectivity index is 1.39. The zero-order valence-electron chi connectivity index (χ0n) is 15.5. The SMILES string of the molecule is CC1C(=O)N(CCCC(=O)N2CCC3(CCCO3)CC2)CCN1C(=O)O. The molecule has 1 N–H and O–H groups in total. The van der Waals surface area contributed by atoms with E-state index in [1.807, 2.05) is 4.90 Å². The van der Waals surface area contributed by atoms with Crippen LogP contribution in [0.3, 0.4) is 0 Å². The second kappa shape index (κ2) is 7.82. The summed E-state index contributed by atoms with van der Waals surface area (Å²) in [7, 11) is 0. The normalized spacial score (nSPS) is 25.8. The van der Waals surface area contributed by atoms with Gasteiger partial charge in [-0.1, -0.05) is 0 Å². The van der Waals surface area contributed by atoms with Crippen LogP contribution in [0.2, 0.25) is 0 Å². The monoisotopic (exact) mass is 367 g/mol. The Hall–Kier alpha value is -1.83. The molecular weight excluding hydrogens is 338 g/mol. The number of ether oxygens (including phenoxy) is 1. The summed E-state index contributed by atoms with van der Waals surface area (Å²) in [6.45, 7) is 5.19. The van der Waals surface area contributed by atoms with Crippen molar-refractivity contribution in [3.63, 3.8) is 0 Å². The van der Waals surface area contributed by atoms with Crippen molar-refractivity contribution in [2.24, 2.45) is 0 Å². The van der Waals surface area contributed by atoms with Crippen molar-refractivity contribution in [2.45, 2.75) is 57.1 Å². The van der Waals surface area contributed by atoms with E-state index in [0.717, 1.165) is 45.4 Å². The Kier molecular flexibility index (Phi) is 5.70. The number of likely N-dealkylation sites (tertiary alicyclic amines) is 1. The largest absolute Gasteiger partial charge is 0.465 e. The second-order valence-electron chi connectivity index (χ2n) is 7.60. The van der Waals surface area contributed by atoms with E-state index < -0.39 is 12.1 Å². The van der Waals surface area contributed by atoms with Gasteiger partial charge >= 0.3 is 6.09 Å². The van der Waals surface area contributed by atoms with Gasteiger partial charge in [0, 0.05) is 45.8 Å². The number of carbonyl (C=O) groups excluding carboxylic acids is 2. The van der Waals surface area contributed by atoms with Crippen molar-refractivity contribution in [1.82, 2.24) is 14.7 Å². The van der Waals surface area contributed by atoms with Gasteiger partial charge < -0.3 is 19.6 Å². The molecule has 0 aromatic rings. The quantitative estimate of drug-likeness (QED) is 0.805.